The number of hydrogen-bond donors (Lipinski definition) is 0. The van der Waals surface area contributed by atoms with Crippen molar-refractivity contribution >= 4 is 7.26 Å². The molecule has 0 radical (unpaired) electrons. The van der Waals surface area contributed by atoms with E-state index in [-0.39, 0.29) is 0 Å². The molecule has 0 spiro atoms. The first-order chi connectivity index (χ1) is 15.5. The fourth-order valence-corrected chi connectivity index (χ4v) is 9.73. The third-order valence-corrected chi connectivity index (χ3v) is 11.5. The van der Waals surface area contributed by atoms with Crippen molar-refractivity contribution in [1.29, 1.82) is 0 Å². The van der Waals surface area contributed by atoms with Crippen LogP contribution in [0.5, 0.6) is 5.75 Å². The van der Waals surface area contributed by atoms with Crippen molar-refractivity contribution in [2.24, 2.45) is 5.92 Å². The Labute approximate surface area is 200 Å². The Kier molecular flexibility index (Phi) is 16.1. The number of unbranched alkanes of at least 4 members (excludes halogenated alkanes) is 3. The van der Waals surface area contributed by atoms with Crippen LogP contribution in [0.2, 0.25) is 0 Å². The maximum Gasteiger partial charge on any atom is 0.118 e. The second-order valence-electron chi connectivity index (χ2n) is 9.58. The summed E-state index contributed by atoms with van der Waals surface area (Å²) in [5, 5.41) is 0. The van der Waals surface area contributed by atoms with E-state index in [0.29, 0.717) is 12.5 Å². The highest BCUT2D eigenvalue weighted by molar-refractivity contribution is 7.76. The Morgan fingerprint density at radius 3 is 1.94 bits per heavy atom. The molecule has 0 aliphatic heterocycles. The minimum Gasteiger partial charge on any atom is -0.497 e. The molecule has 1 atom stereocenters. The number of methoxy groups -OCH3 is 1. The molecular formula is C29H52O2P+. The second-order valence-corrected chi connectivity index (χ2v) is 13.9. The van der Waals surface area contributed by atoms with E-state index in [2.05, 4.69) is 52.8 Å². The highest BCUT2D eigenvalue weighted by Gasteiger charge is 2.36. The van der Waals surface area contributed by atoms with Gasteiger partial charge in [0.2, 0.25) is 0 Å². The predicted octanol–water partition coefficient (Wildman–Crippen LogP) is 8.99. The maximum atomic E-state index is 5.98. The lowest BCUT2D eigenvalue weighted by atomic mass is 10.0. The zero-order chi connectivity index (χ0) is 23.7. The summed E-state index contributed by atoms with van der Waals surface area (Å²) in [6, 6.07) is 8.18. The van der Waals surface area contributed by atoms with Crippen molar-refractivity contribution in [3.63, 3.8) is 0 Å². The third-order valence-electron chi connectivity index (χ3n) is 6.62. The van der Waals surface area contributed by atoms with Crippen molar-refractivity contribution in [3.05, 3.63) is 41.5 Å². The number of benzene rings is 1. The molecule has 3 heteroatoms. The SMILES string of the molecule is CCCC[P+](CCCC)(CCCC)C/C(=C\[C@H](C)CCOCc1ccc(OC)cc1)CC. The first kappa shape index (κ1) is 29.2. The molecule has 0 amide bonds. The van der Waals surface area contributed by atoms with Gasteiger partial charge in [-0.15, -0.1) is 0 Å². The summed E-state index contributed by atoms with van der Waals surface area (Å²) in [6.45, 7) is 13.3. The molecule has 0 saturated heterocycles. The van der Waals surface area contributed by atoms with Crippen molar-refractivity contribution < 1.29 is 9.47 Å². The first-order valence-corrected chi connectivity index (χ1v) is 15.8. The molecule has 0 bridgehead atoms. The largest absolute Gasteiger partial charge is 0.497 e. The normalized spacial score (nSPS) is 13.4. The van der Waals surface area contributed by atoms with Gasteiger partial charge in [0.05, 0.1) is 38.4 Å². The van der Waals surface area contributed by atoms with Gasteiger partial charge < -0.3 is 9.47 Å². The van der Waals surface area contributed by atoms with E-state index in [1.165, 1.54) is 75.2 Å². The summed E-state index contributed by atoms with van der Waals surface area (Å²) in [6.07, 6.45) is 19.2. The summed E-state index contributed by atoms with van der Waals surface area (Å²) < 4.78 is 11.2. The molecule has 0 N–H and O–H groups in total. The van der Waals surface area contributed by atoms with Gasteiger partial charge in [-0.2, -0.15) is 0 Å². The summed E-state index contributed by atoms with van der Waals surface area (Å²) in [5.41, 5.74) is 2.94. The van der Waals surface area contributed by atoms with Gasteiger partial charge in [0.1, 0.15) is 5.75 Å². The molecule has 32 heavy (non-hydrogen) atoms. The van der Waals surface area contributed by atoms with Crippen molar-refractivity contribution in [1.82, 2.24) is 0 Å². The molecule has 1 aromatic rings. The van der Waals surface area contributed by atoms with Crippen LogP contribution in [-0.2, 0) is 11.3 Å². The molecule has 0 aromatic heterocycles. The third kappa shape index (κ3) is 11.9. The molecule has 0 aliphatic rings. The molecule has 0 saturated carbocycles. The minimum absolute atomic E-state index is 0.589. The molecule has 1 rings (SSSR count). The Morgan fingerprint density at radius 2 is 1.47 bits per heavy atom. The van der Waals surface area contributed by atoms with Crippen LogP contribution in [0.4, 0.5) is 0 Å². The van der Waals surface area contributed by atoms with Crippen LogP contribution in [-0.4, -0.2) is 38.4 Å². The monoisotopic (exact) mass is 463 g/mol. The topological polar surface area (TPSA) is 18.5 Å². The lowest BCUT2D eigenvalue weighted by molar-refractivity contribution is 0.113. The molecule has 0 heterocycles. The van der Waals surface area contributed by atoms with Crippen LogP contribution >= 0.6 is 7.26 Å². The highest BCUT2D eigenvalue weighted by Crippen LogP contribution is 2.62. The molecule has 0 aliphatic carbocycles. The van der Waals surface area contributed by atoms with E-state index in [0.717, 1.165) is 18.8 Å². The van der Waals surface area contributed by atoms with E-state index < -0.39 is 7.26 Å². The van der Waals surface area contributed by atoms with Crippen molar-refractivity contribution in [2.45, 2.75) is 92.6 Å². The summed E-state index contributed by atoms with van der Waals surface area (Å²) >= 11 is 0. The van der Waals surface area contributed by atoms with Gasteiger partial charge in [0.25, 0.3) is 0 Å². The van der Waals surface area contributed by atoms with Gasteiger partial charge in [-0.05, 0) is 61.3 Å². The van der Waals surface area contributed by atoms with Crippen LogP contribution in [0.15, 0.2) is 35.9 Å². The summed E-state index contributed by atoms with van der Waals surface area (Å²) in [4.78, 5) is 0. The molecule has 0 unspecified atom stereocenters. The van der Waals surface area contributed by atoms with Crippen LogP contribution in [0.1, 0.15) is 91.5 Å². The van der Waals surface area contributed by atoms with Gasteiger partial charge >= 0.3 is 0 Å². The standard InChI is InChI=1S/C29H52O2P/c1-7-11-20-32(21-12-8-2,22-13-9-3)25-27(10-4)23-26(5)18-19-31-24-28-14-16-29(30-6)17-15-28/h14-17,23,26H,7-13,18-22,24-25H2,1-6H3/q+1/b27-23-/t26-/m1/s1. The number of ether oxygens (including phenoxy) is 2. The maximum absolute atomic E-state index is 5.98. The number of hydrogen-bond acceptors (Lipinski definition) is 2. The Hall–Kier alpha value is -0.850. The van der Waals surface area contributed by atoms with Crippen molar-refractivity contribution in [2.75, 3.05) is 38.4 Å². The van der Waals surface area contributed by atoms with Crippen LogP contribution < -0.4 is 4.74 Å². The Bertz CT molecular complexity index is 586. The fraction of sp³-hybridized carbons (Fsp3) is 0.724. The average molecular weight is 464 g/mol. The predicted molar refractivity (Wildman–Crippen MR) is 146 cm³/mol. The zero-order valence-corrected chi connectivity index (χ0v) is 23.0. The first-order valence-electron chi connectivity index (χ1n) is 13.3. The van der Waals surface area contributed by atoms with Crippen LogP contribution in [0.25, 0.3) is 0 Å². The smallest absolute Gasteiger partial charge is 0.118 e. The molecule has 0 fully saturated rings. The molecule has 184 valence electrons. The molecule has 1 aromatic carbocycles. The van der Waals surface area contributed by atoms with E-state index in [9.17, 15) is 0 Å². The van der Waals surface area contributed by atoms with Crippen LogP contribution in [0.3, 0.4) is 0 Å². The minimum atomic E-state index is -0.863. The summed E-state index contributed by atoms with van der Waals surface area (Å²) in [7, 11) is 0.840. The average Bonchev–Trinajstić information content (AvgIpc) is 2.82. The quantitative estimate of drug-likeness (QED) is 0.116. The second kappa shape index (κ2) is 17.6. The number of allylic oxidation sites excluding steroid dienone is 2. The van der Waals surface area contributed by atoms with E-state index >= 15 is 0 Å². The number of rotatable bonds is 19. The Balaban J connectivity index is 2.65. The summed E-state index contributed by atoms with van der Waals surface area (Å²) in [5.74, 6) is 1.49. The van der Waals surface area contributed by atoms with Gasteiger partial charge in [-0.3, -0.25) is 0 Å². The molecular weight excluding hydrogens is 411 g/mol. The van der Waals surface area contributed by atoms with E-state index in [1.54, 1.807) is 12.7 Å². The Morgan fingerprint density at radius 1 is 0.906 bits per heavy atom. The van der Waals surface area contributed by atoms with Gasteiger partial charge in [0, 0.05) is 13.9 Å². The van der Waals surface area contributed by atoms with Gasteiger partial charge in [-0.1, -0.05) is 72.1 Å². The van der Waals surface area contributed by atoms with Crippen LogP contribution in [0, 0.1) is 5.92 Å². The lowest BCUT2D eigenvalue weighted by Crippen LogP contribution is -2.14. The van der Waals surface area contributed by atoms with Crippen molar-refractivity contribution in [3.8, 4) is 5.75 Å². The lowest BCUT2D eigenvalue weighted by Gasteiger charge is -2.29. The van der Waals surface area contributed by atoms with Gasteiger partial charge in [-0.25, -0.2) is 0 Å². The zero-order valence-electron chi connectivity index (χ0n) is 22.1. The molecule has 2 nitrogen and oxygen atoms in total. The van der Waals surface area contributed by atoms with E-state index in [4.69, 9.17) is 9.47 Å². The van der Waals surface area contributed by atoms with E-state index in [1.807, 2.05) is 12.1 Å². The highest BCUT2D eigenvalue weighted by atomic mass is 31.2. The fourth-order valence-electron chi connectivity index (χ4n) is 4.43. The van der Waals surface area contributed by atoms with Gasteiger partial charge in [0.15, 0.2) is 0 Å².